The minimum absolute atomic E-state index is 0.171. The van der Waals surface area contributed by atoms with Crippen molar-refractivity contribution in [3.8, 4) is 5.13 Å². The van der Waals surface area contributed by atoms with Crippen LogP contribution in [0.15, 0.2) is 29.9 Å². The summed E-state index contributed by atoms with van der Waals surface area (Å²) in [6, 6.07) is 4.87. The Hall–Kier alpha value is -1.90. The lowest BCUT2D eigenvalue weighted by Crippen LogP contribution is -2.55. The molecule has 152 valence electrons. The zero-order valence-corrected chi connectivity index (χ0v) is 17.3. The summed E-state index contributed by atoms with van der Waals surface area (Å²) < 4.78 is 7.33. The molecule has 2 aromatic rings. The fourth-order valence-corrected chi connectivity index (χ4v) is 4.91. The molecule has 2 fully saturated rings. The molecular formula is C20H29N5O2S. The summed E-state index contributed by atoms with van der Waals surface area (Å²) in [6.07, 6.45) is 6.25. The number of piperidine rings is 1. The standard InChI is InChI=1S/C20H29N5O2S/c1-2-27-20(26)24-12-10-23(11-13-24)17-5-3-8-22(15-17)16-18-6-4-9-25(18)19-21-7-14-28-19/h4,6-7,9,14,17H,2-3,5,8,10-13,15-16H2,1H3/t17-/m0/s1. The highest BCUT2D eigenvalue weighted by Crippen LogP contribution is 2.22. The van der Waals surface area contributed by atoms with Gasteiger partial charge in [0.15, 0.2) is 5.13 Å². The summed E-state index contributed by atoms with van der Waals surface area (Å²) in [5.74, 6) is 0. The number of aromatic nitrogens is 2. The second-order valence-corrected chi connectivity index (χ2v) is 8.31. The minimum atomic E-state index is -0.171. The quantitative estimate of drug-likeness (QED) is 0.768. The Kier molecular flexibility index (Phi) is 6.29. The maximum atomic E-state index is 11.9. The van der Waals surface area contributed by atoms with Gasteiger partial charge >= 0.3 is 6.09 Å². The van der Waals surface area contributed by atoms with Gasteiger partial charge in [-0.05, 0) is 38.4 Å². The third-order valence-corrected chi connectivity index (χ3v) is 6.45. The van der Waals surface area contributed by atoms with Crippen molar-refractivity contribution in [3.05, 3.63) is 35.6 Å². The fraction of sp³-hybridized carbons (Fsp3) is 0.600. The Balaban J connectivity index is 1.32. The molecule has 0 unspecified atom stereocenters. The molecule has 8 heteroatoms. The summed E-state index contributed by atoms with van der Waals surface area (Å²) in [5.41, 5.74) is 1.29. The van der Waals surface area contributed by atoms with Crippen molar-refractivity contribution in [2.24, 2.45) is 0 Å². The van der Waals surface area contributed by atoms with Crippen LogP contribution in [-0.4, -0.2) is 82.3 Å². The number of likely N-dealkylation sites (tertiary alicyclic amines) is 1. The van der Waals surface area contributed by atoms with Gasteiger partial charge in [-0.25, -0.2) is 9.78 Å². The number of rotatable bonds is 5. The van der Waals surface area contributed by atoms with Gasteiger partial charge in [0.25, 0.3) is 0 Å². The second-order valence-electron chi connectivity index (χ2n) is 7.44. The molecule has 0 N–H and O–H groups in total. The van der Waals surface area contributed by atoms with Crippen molar-refractivity contribution in [1.29, 1.82) is 0 Å². The first kappa shape index (κ1) is 19.4. The zero-order chi connectivity index (χ0) is 19.3. The Morgan fingerprint density at radius 3 is 2.89 bits per heavy atom. The molecule has 0 bridgehead atoms. The number of amides is 1. The molecule has 2 aliphatic heterocycles. The summed E-state index contributed by atoms with van der Waals surface area (Å²) in [7, 11) is 0. The van der Waals surface area contributed by atoms with E-state index in [9.17, 15) is 4.79 Å². The molecule has 2 aromatic heterocycles. The van der Waals surface area contributed by atoms with E-state index < -0.39 is 0 Å². The molecule has 28 heavy (non-hydrogen) atoms. The maximum absolute atomic E-state index is 11.9. The first-order chi connectivity index (χ1) is 13.7. The average Bonchev–Trinajstić information content (AvgIpc) is 3.40. The van der Waals surface area contributed by atoms with E-state index in [4.69, 9.17) is 4.74 Å². The van der Waals surface area contributed by atoms with Gasteiger partial charge in [0.1, 0.15) is 0 Å². The Morgan fingerprint density at radius 2 is 2.14 bits per heavy atom. The van der Waals surface area contributed by atoms with Crippen molar-refractivity contribution in [1.82, 2.24) is 24.3 Å². The topological polar surface area (TPSA) is 53.8 Å². The number of hydrogen-bond acceptors (Lipinski definition) is 6. The number of hydrogen-bond donors (Lipinski definition) is 0. The van der Waals surface area contributed by atoms with E-state index in [1.54, 1.807) is 11.3 Å². The number of piperazine rings is 1. The second kappa shape index (κ2) is 9.07. The summed E-state index contributed by atoms with van der Waals surface area (Å²) in [4.78, 5) is 23.3. The van der Waals surface area contributed by atoms with Gasteiger partial charge in [0.05, 0.1) is 6.61 Å². The number of carbonyl (C=O) groups excluding carboxylic acids is 1. The van der Waals surface area contributed by atoms with Crippen LogP contribution in [-0.2, 0) is 11.3 Å². The van der Waals surface area contributed by atoms with Gasteiger partial charge in [-0.2, -0.15) is 0 Å². The summed E-state index contributed by atoms with van der Waals surface area (Å²) in [6.45, 7) is 8.88. The highest BCUT2D eigenvalue weighted by molar-refractivity contribution is 7.12. The molecular weight excluding hydrogens is 374 g/mol. The van der Waals surface area contributed by atoms with E-state index in [1.165, 1.54) is 18.5 Å². The van der Waals surface area contributed by atoms with Crippen LogP contribution >= 0.6 is 11.3 Å². The Morgan fingerprint density at radius 1 is 1.29 bits per heavy atom. The smallest absolute Gasteiger partial charge is 0.409 e. The number of carbonyl (C=O) groups is 1. The van der Waals surface area contributed by atoms with Crippen LogP contribution < -0.4 is 0 Å². The van der Waals surface area contributed by atoms with E-state index in [1.807, 2.05) is 23.4 Å². The van der Waals surface area contributed by atoms with E-state index in [0.717, 1.165) is 50.9 Å². The Labute approximate surface area is 170 Å². The SMILES string of the molecule is CCOC(=O)N1CCN([C@H]2CCCN(Cc3cccn3-c3nccs3)C2)CC1. The molecule has 4 rings (SSSR count). The van der Waals surface area contributed by atoms with Gasteiger partial charge < -0.3 is 9.64 Å². The van der Waals surface area contributed by atoms with E-state index in [-0.39, 0.29) is 6.09 Å². The predicted molar refractivity (Wildman–Crippen MR) is 110 cm³/mol. The number of thiazole rings is 1. The minimum Gasteiger partial charge on any atom is -0.450 e. The molecule has 0 saturated carbocycles. The van der Waals surface area contributed by atoms with Gasteiger partial charge in [-0.15, -0.1) is 11.3 Å². The predicted octanol–water partition coefficient (Wildman–Crippen LogP) is 2.67. The number of ether oxygens (including phenoxy) is 1. The van der Waals surface area contributed by atoms with Crippen LogP contribution in [0.4, 0.5) is 4.79 Å². The van der Waals surface area contributed by atoms with Crippen molar-refractivity contribution in [2.45, 2.75) is 32.4 Å². The first-order valence-corrected chi connectivity index (χ1v) is 11.1. The van der Waals surface area contributed by atoms with Crippen molar-refractivity contribution in [2.75, 3.05) is 45.9 Å². The van der Waals surface area contributed by atoms with Crippen molar-refractivity contribution < 1.29 is 9.53 Å². The molecule has 2 aliphatic rings. The molecule has 7 nitrogen and oxygen atoms in total. The summed E-state index contributed by atoms with van der Waals surface area (Å²) in [5, 5.41) is 3.05. The van der Waals surface area contributed by atoms with Crippen LogP contribution in [0, 0.1) is 0 Å². The zero-order valence-electron chi connectivity index (χ0n) is 16.5. The van der Waals surface area contributed by atoms with Crippen LogP contribution in [0.2, 0.25) is 0 Å². The van der Waals surface area contributed by atoms with Gasteiger partial charge in [0, 0.05) is 68.8 Å². The average molecular weight is 404 g/mol. The van der Waals surface area contributed by atoms with Crippen LogP contribution in [0.5, 0.6) is 0 Å². The summed E-state index contributed by atoms with van der Waals surface area (Å²) >= 11 is 1.67. The lowest BCUT2D eigenvalue weighted by atomic mass is 10.0. The third kappa shape index (κ3) is 4.39. The fourth-order valence-electron chi connectivity index (χ4n) is 4.25. The molecule has 0 radical (unpaired) electrons. The highest BCUT2D eigenvalue weighted by Gasteiger charge is 2.30. The van der Waals surface area contributed by atoms with E-state index >= 15 is 0 Å². The largest absolute Gasteiger partial charge is 0.450 e. The molecule has 0 spiro atoms. The Bertz CT molecular complexity index is 754. The highest BCUT2D eigenvalue weighted by atomic mass is 32.1. The molecule has 1 amide bonds. The molecule has 0 aromatic carbocycles. The van der Waals surface area contributed by atoms with Gasteiger partial charge in [0.2, 0.25) is 0 Å². The third-order valence-electron chi connectivity index (χ3n) is 5.68. The monoisotopic (exact) mass is 403 g/mol. The molecule has 0 aliphatic carbocycles. The molecule has 1 atom stereocenters. The van der Waals surface area contributed by atoms with Gasteiger partial charge in [-0.3, -0.25) is 14.4 Å². The lowest BCUT2D eigenvalue weighted by Gasteiger charge is -2.43. The van der Waals surface area contributed by atoms with E-state index in [0.29, 0.717) is 12.6 Å². The normalized spacial score (nSPS) is 21.8. The molecule has 2 saturated heterocycles. The maximum Gasteiger partial charge on any atom is 0.409 e. The van der Waals surface area contributed by atoms with E-state index in [2.05, 4.69) is 37.7 Å². The van der Waals surface area contributed by atoms with Crippen LogP contribution in [0.1, 0.15) is 25.5 Å². The number of nitrogens with zero attached hydrogens (tertiary/aromatic N) is 5. The first-order valence-electron chi connectivity index (χ1n) is 10.2. The van der Waals surface area contributed by atoms with Crippen LogP contribution in [0.25, 0.3) is 5.13 Å². The van der Waals surface area contributed by atoms with Crippen molar-refractivity contribution in [3.63, 3.8) is 0 Å². The lowest BCUT2D eigenvalue weighted by molar-refractivity contribution is 0.0409. The molecule has 4 heterocycles. The van der Waals surface area contributed by atoms with Gasteiger partial charge in [-0.1, -0.05) is 0 Å². The van der Waals surface area contributed by atoms with Crippen molar-refractivity contribution >= 4 is 17.4 Å². The van der Waals surface area contributed by atoms with Crippen LogP contribution in [0.3, 0.4) is 0 Å².